The maximum absolute atomic E-state index is 11.1. The molecule has 3 unspecified atom stereocenters. The second-order valence-electron chi connectivity index (χ2n) is 6.06. The molecule has 0 bridgehead atoms. The molecule has 4 rings (SSSR count). The number of halogens is 1. The lowest BCUT2D eigenvalue weighted by Crippen LogP contribution is -2.29. The SMILES string of the molecule is O=[N+]([O-])c1cccc(C2Nc3ccc(Br)cc3C3C=CCC32)c1. The number of nitro groups is 1. The first-order chi connectivity index (χ1) is 11.1. The molecule has 1 aliphatic heterocycles. The van der Waals surface area contributed by atoms with E-state index in [1.807, 2.05) is 12.1 Å². The second-order valence-corrected chi connectivity index (χ2v) is 6.97. The Hall–Kier alpha value is -2.14. The first-order valence-corrected chi connectivity index (χ1v) is 8.40. The largest absolute Gasteiger partial charge is 0.378 e. The van der Waals surface area contributed by atoms with Gasteiger partial charge in [-0.3, -0.25) is 10.1 Å². The van der Waals surface area contributed by atoms with Crippen molar-refractivity contribution in [1.82, 2.24) is 0 Å². The molecule has 1 aliphatic carbocycles. The van der Waals surface area contributed by atoms with Crippen LogP contribution in [-0.2, 0) is 0 Å². The van der Waals surface area contributed by atoms with Crippen LogP contribution in [0.4, 0.5) is 11.4 Å². The molecule has 2 aliphatic rings. The molecule has 23 heavy (non-hydrogen) atoms. The lowest BCUT2D eigenvalue weighted by atomic mass is 9.77. The summed E-state index contributed by atoms with van der Waals surface area (Å²) in [5.74, 6) is 0.742. The summed E-state index contributed by atoms with van der Waals surface area (Å²) in [4.78, 5) is 10.7. The van der Waals surface area contributed by atoms with Crippen molar-refractivity contribution in [3.8, 4) is 0 Å². The standard InChI is InChI=1S/C18H15BrN2O2/c19-12-7-8-17-16(10-12)14-5-2-6-15(14)18(20-17)11-3-1-4-13(9-11)21(22)23/h1-5,7-10,14-15,18,20H,6H2. The van der Waals surface area contributed by atoms with Gasteiger partial charge >= 0.3 is 0 Å². The number of nitro benzene ring substituents is 1. The number of non-ortho nitro benzene ring substituents is 1. The molecule has 1 N–H and O–H groups in total. The Morgan fingerprint density at radius 3 is 2.91 bits per heavy atom. The van der Waals surface area contributed by atoms with E-state index in [2.05, 4.69) is 45.5 Å². The number of benzene rings is 2. The summed E-state index contributed by atoms with van der Waals surface area (Å²) in [7, 11) is 0. The molecule has 0 fully saturated rings. The molecule has 0 saturated carbocycles. The molecule has 4 nitrogen and oxygen atoms in total. The maximum Gasteiger partial charge on any atom is 0.269 e. The first kappa shape index (κ1) is 14.5. The van der Waals surface area contributed by atoms with Crippen molar-refractivity contribution in [3.05, 3.63) is 80.3 Å². The number of rotatable bonds is 2. The minimum Gasteiger partial charge on any atom is -0.378 e. The third-order valence-corrected chi connectivity index (χ3v) is 5.26. The monoisotopic (exact) mass is 370 g/mol. The van der Waals surface area contributed by atoms with Gasteiger partial charge in [-0.05, 0) is 41.7 Å². The van der Waals surface area contributed by atoms with Crippen LogP contribution in [0.5, 0.6) is 0 Å². The number of fused-ring (bicyclic) bond motifs is 3. The van der Waals surface area contributed by atoms with E-state index < -0.39 is 0 Å². The van der Waals surface area contributed by atoms with E-state index in [0.717, 1.165) is 22.1 Å². The minimum absolute atomic E-state index is 0.0866. The van der Waals surface area contributed by atoms with Crippen molar-refractivity contribution in [2.75, 3.05) is 5.32 Å². The normalized spacial score (nSPS) is 24.7. The van der Waals surface area contributed by atoms with Crippen LogP contribution in [0.25, 0.3) is 0 Å². The summed E-state index contributed by atoms with van der Waals surface area (Å²) >= 11 is 3.55. The predicted molar refractivity (Wildman–Crippen MR) is 93.6 cm³/mol. The molecule has 0 spiro atoms. The molecule has 3 atom stereocenters. The lowest BCUT2D eigenvalue weighted by molar-refractivity contribution is -0.384. The minimum atomic E-state index is -0.332. The molecule has 0 radical (unpaired) electrons. The molecule has 2 aromatic rings. The van der Waals surface area contributed by atoms with E-state index in [0.29, 0.717) is 11.8 Å². The van der Waals surface area contributed by atoms with E-state index in [9.17, 15) is 10.1 Å². The Morgan fingerprint density at radius 2 is 2.09 bits per heavy atom. The van der Waals surface area contributed by atoms with Gasteiger partial charge in [-0.1, -0.05) is 40.2 Å². The average molecular weight is 371 g/mol. The highest BCUT2D eigenvalue weighted by atomic mass is 79.9. The fraction of sp³-hybridized carbons (Fsp3) is 0.222. The topological polar surface area (TPSA) is 55.2 Å². The maximum atomic E-state index is 11.1. The van der Waals surface area contributed by atoms with Gasteiger partial charge in [0.2, 0.25) is 0 Å². The molecular formula is C18H15BrN2O2. The van der Waals surface area contributed by atoms with E-state index in [1.165, 1.54) is 5.56 Å². The van der Waals surface area contributed by atoms with Gasteiger partial charge in [0.1, 0.15) is 0 Å². The van der Waals surface area contributed by atoms with Crippen LogP contribution in [-0.4, -0.2) is 4.92 Å². The Kier molecular flexibility index (Phi) is 3.45. The van der Waals surface area contributed by atoms with Gasteiger partial charge in [0.05, 0.1) is 11.0 Å². The van der Waals surface area contributed by atoms with Crippen molar-refractivity contribution in [2.45, 2.75) is 18.4 Å². The Morgan fingerprint density at radius 1 is 1.22 bits per heavy atom. The number of nitrogens with zero attached hydrogens (tertiary/aromatic N) is 1. The third kappa shape index (κ3) is 2.45. The van der Waals surface area contributed by atoms with Crippen LogP contribution in [0.3, 0.4) is 0 Å². The van der Waals surface area contributed by atoms with Crippen LogP contribution < -0.4 is 5.32 Å². The van der Waals surface area contributed by atoms with Crippen molar-refractivity contribution >= 4 is 27.3 Å². The quantitative estimate of drug-likeness (QED) is 0.449. The lowest BCUT2D eigenvalue weighted by Gasteiger charge is -2.37. The molecule has 5 heteroatoms. The van der Waals surface area contributed by atoms with E-state index >= 15 is 0 Å². The number of allylic oxidation sites excluding steroid dienone is 2. The summed E-state index contributed by atoms with van der Waals surface area (Å²) < 4.78 is 1.07. The van der Waals surface area contributed by atoms with Gasteiger partial charge in [0.15, 0.2) is 0 Å². The number of hydrogen-bond donors (Lipinski definition) is 1. The highest BCUT2D eigenvalue weighted by Crippen LogP contribution is 2.50. The highest BCUT2D eigenvalue weighted by molar-refractivity contribution is 9.10. The van der Waals surface area contributed by atoms with Gasteiger partial charge in [-0.2, -0.15) is 0 Å². The summed E-state index contributed by atoms with van der Waals surface area (Å²) in [5.41, 5.74) is 3.53. The number of anilines is 1. The third-order valence-electron chi connectivity index (χ3n) is 4.76. The molecule has 0 amide bonds. The molecule has 1 heterocycles. The van der Waals surface area contributed by atoms with Crippen LogP contribution in [0.2, 0.25) is 0 Å². The molecular weight excluding hydrogens is 356 g/mol. The summed E-state index contributed by atoms with van der Waals surface area (Å²) in [6, 6.07) is 13.3. The molecule has 0 saturated heterocycles. The predicted octanol–water partition coefficient (Wildman–Crippen LogP) is 5.18. The Balaban J connectivity index is 1.78. The number of nitrogens with one attached hydrogen (secondary N) is 1. The van der Waals surface area contributed by atoms with Crippen LogP contribution in [0, 0.1) is 16.0 Å². The summed E-state index contributed by atoms with van der Waals surface area (Å²) in [6.45, 7) is 0. The van der Waals surface area contributed by atoms with Crippen molar-refractivity contribution < 1.29 is 4.92 Å². The fourth-order valence-corrected chi connectivity index (χ4v) is 4.11. The van der Waals surface area contributed by atoms with E-state index in [-0.39, 0.29) is 16.7 Å². The van der Waals surface area contributed by atoms with Crippen LogP contribution in [0.1, 0.15) is 29.5 Å². The van der Waals surface area contributed by atoms with Gasteiger partial charge in [-0.15, -0.1) is 0 Å². The first-order valence-electron chi connectivity index (χ1n) is 7.60. The van der Waals surface area contributed by atoms with E-state index in [4.69, 9.17) is 0 Å². The fourth-order valence-electron chi connectivity index (χ4n) is 3.73. The zero-order chi connectivity index (χ0) is 16.0. The van der Waals surface area contributed by atoms with Gasteiger partial charge in [0, 0.05) is 28.2 Å². The van der Waals surface area contributed by atoms with Gasteiger partial charge in [0.25, 0.3) is 5.69 Å². The molecule has 0 aromatic heterocycles. The summed E-state index contributed by atoms with van der Waals surface area (Å²) in [6.07, 6.45) is 5.47. The van der Waals surface area contributed by atoms with Crippen molar-refractivity contribution in [3.63, 3.8) is 0 Å². The summed E-state index contributed by atoms with van der Waals surface area (Å²) in [5, 5.41) is 14.7. The van der Waals surface area contributed by atoms with Crippen LogP contribution in [0.15, 0.2) is 59.1 Å². The Labute approximate surface area is 142 Å². The van der Waals surface area contributed by atoms with Crippen molar-refractivity contribution in [1.29, 1.82) is 0 Å². The van der Waals surface area contributed by atoms with E-state index in [1.54, 1.807) is 18.2 Å². The average Bonchev–Trinajstić information content (AvgIpc) is 3.04. The number of hydrogen-bond acceptors (Lipinski definition) is 3. The molecule has 116 valence electrons. The second kappa shape index (κ2) is 5.49. The smallest absolute Gasteiger partial charge is 0.269 e. The zero-order valence-corrected chi connectivity index (χ0v) is 13.9. The molecule has 2 aromatic carbocycles. The van der Waals surface area contributed by atoms with Crippen molar-refractivity contribution in [2.24, 2.45) is 5.92 Å². The van der Waals surface area contributed by atoms with Crippen LogP contribution >= 0.6 is 15.9 Å². The van der Waals surface area contributed by atoms with Gasteiger partial charge in [-0.25, -0.2) is 0 Å². The zero-order valence-electron chi connectivity index (χ0n) is 12.3. The van der Waals surface area contributed by atoms with Gasteiger partial charge < -0.3 is 5.32 Å². The Bertz CT molecular complexity index is 818. The highest BCUT2D eigenvalue weighted by Gasteiger charge is 2.38.